The third kappa shape index (κ3) is 6.32. The summed E-state index contributed by atoms with van der Waals surface area (Å²) < 4.78 is 5.39. The second-order valence-electron chi connectivity index (χ2n) is 5.22. The van der Waals surface area contributed by atoms with Crippen LogP contribution in [0.1, 0.15) is 49.1 Å². The number of carbonyl (C=O) groups is 1. The van der Waals surface area contributed by atoms with Gasteiger partial charge in [0.25, 0.3) is 5.91 Å². The molecule has 0 bridgehead atoms. The van der Waals surface area contributed by atoms with Crippen LogP contribution in [-0.4, -0.2) is 31.3 Å². The van der Waals surface area contributed by atoms with Crippen molar-refractivity contribution in [3.63, 3.8) is 0 Å². The van der Waals surface area contributed by atoms with E-state index >= 15 is 0 Å². The van der Waals surface area contributed by atoms with Gasteiger partial charge in [-0.3, -0.25) is 4.79 Å². The van der Waals surface area contributed by atoms with Crippen LogP contribution < -0.4 is 10.6 Å². The van der Waals surface area contributed by atoms with E-state index in [0.29, 0.717) is 18.3 Å². The van der Waals surface area contributed by atoms with E-state index in [9.17, 15) is 4.79 Å². The Morgan fingerprint density at radius 3 is 2.57 bits per heavy atom. The van der Waals surface area contributed by atoms with Gasteiger partial charge in [0, 0.05) is 19.1 Å². The molecule has 1 heterocycles. The summed E-state index contributed by atoms with van der Waals surface area (Å²) in [7, 11) is 0. The normalized spacial score (nSPS) is 16.0. The molecule has 4 nitrogen and oxygen atoms in total. The maximum absolute atomic E-state index is 11.8. The van der Waals surface area contributed by atoms with Crippen molar-refractivity contribution in [2.75, 3.05) is 19.3 Å². The molecule has 0 aliphatic heterocycles. The van der Waals surface area contributed by atoms with Crippen LogP contribution in [0.5, 0.6) is 0 Å². The summed E-state index contributed by atoms with van der Waals surface area (Å²) in [5.74, 6) is 0.261. The number of rotatable bonds is 6. The molecule has 0 spiro atoms. The lowest BCUT2D eigenvalue weighted by Gasteiger charge is -2.16. The van der Waals surface area contributed by atoms with E-state index in [2.05, 4.69) is 10.6 Å². The quantitative estimate of drug-likeness (QED) is 0.476. The highest BCUT2D eigenvalue weighted by atomic mass is 35.5. The van der Waals surface area contributed by atoms with E-state index in [-0.39, 0.29) is 18.3 Å². The van der Waals surface area contributed by atoms with Crippen molar-refractivity contribution < 1.29 is 9.21 Å². The Morgan fingerprint density at radius 2 is 1.95 bits per heavy atom. The number of amides is 1. The monoisotopic (exact) mass is 332 g/mol. The molecular weight excluding hydrogens is 308 g/mol. The van der Waals surface area contributed by atoms with Gasteiger partial charge in [0.1, 0.15) is 0 Å². The van der Waals surface area contributed by atoms with Crippen molar-refractivity contribution in [3.05, 3.63) is 17.9 Å². The lowest BCUT2D eigenvalue weighted by molar-refractivity contribution is 0.0921. The van der Waals surface area contributed by atoms with Gasteiger partial charge >= 0.3 is 0 Å². The van der Waals surface area contributed by atoms with E-state index < -0.39 is 0 Å². The zero-order valence-corrected chi connectivity index (χ0v) is 14.2. The SMILES string of the molecule is CSc1ccc(C(=O)NCCNC2CCCCCC2)o1.Cl. The van der Waals surface area contributed by atoms with Crippen LogP contribution in [0.3, 0.4) is 0 Å². The smallest absolute Gasteiger partial charge is 0.287 e. The number of furan rings is 1. The molecule has 1 aliphatic carbocycles. The van der Waals surface area contributed by atoms with Gasteiger partial charge in [-0.15, -0.1) is 12.4 Å². The number of carbonyl (C=O) groups excluding carboxylic acids is 1. The molecular formula is C15H25ClN2O2S. The van der Waals surface area contributed by atoms with Crippen molar-refractivity contribution in [3.8, 4) is 0 Å². The van der Waals surface area contributed by atoms with Crippen molar-refractivity contribution in [2.24, 2.45) is 0 Å². The minimum Gasteiger partial charge on any atom is -0.445 e. The first-order chi connectivity index (χ1) is 9.79. The van der Waals surface area contributed by atoms with E-state index in [1.54, 1.807) is 6.07 Å². The van der Waals surface area contributed by atoms with Gasteiger partial charge in [0.15, 0.2) is 10.9 Å². The average Bonchev–Trinajstić information content (AvgIpc) is 2.80. The second-order valence-corrected chi connectivity index (χ2v) is 6.03. The van der Waals surface area contributed by atoms with Crippen LogP contribution >= 0.6 is 24.2 Å². The topological polar surface area (TPSA) is 54.3 Å². The first-order valence-electron chi connectivity index (χ1n) is 7.45. The number of nitrogens with one attached hydrogen (secondary N) is 2. The summed E-state index contributed by atoms with van der Waals surface area (Å²) in [4.78, 5) is 11.8. The molecule has 1 fully saturated rings. The maximum Gasteiger partial charge on any atom is 0.287 e. The van der Waals surface area contributed by atoms with Crippen LogP contribution in [0.4, 0.5) is 0 Å². The zero-order chi connectivity index (χ0) is 14.2. The highest BCUT2D eigenvalue weighted by Crippen LogP contribution is 2.18. The maximum atomic E-state index is 11.8. The van der Waals surface area contributed by atoms with Crippen LogP contribution in [0.2, 0.25) is 0 Å². The minimum absolute atomic E-state index is 0. The van der Waals surface area contributed by atoms with Gasteiger partial charge in [0.05, 0.1) is 0 Å². The van der Waals surface area contributed by atoms with Crippen molar-refractivity contribution >= 4 is 30.1 Å². The standard InChI is InChI=1S/C15H24N2O2S.ClH/c1-20-14-9-8-13(19-14)15(18)17-11-10-16-12-6-4-2-3-5-7-12;/h8-9,12,16H,2-7,10-11H2,1H3,(H,17,18);1H. The fourth-order valence-corrected chi connectivity index (χ4v) is 2.95. The van der Waals surface area contributed by atoms with Gasteiger partial charge in [-0.05, 0) is 31.2 Å². The Kier molecular flexibility index (Phi) is 8.88. The predicted molar refractivity (Wildman–Crippen MR) is 89.6 cm³/mol. The molecule has 0 radical (unpaired) electrons. The molecule has 2 N–H and O–H groups in total. The molecule has 1 amide bonds. The van der Waals surface area contributed by atoms with E-state index in [1.807, 2.05) is 12.3 Å². The summed E-state index contributed by atoms with van der Waals surface area (Å²) in [6.45, 7) is 1.47. The highest BCUT2D eigenvalue weighted by Gasteiger charge is 2.12. The minimum atomic E-state index is -0.132. The van der Waals surface area contributed by atoms with Crippen LogP contribution in [0.25, 0.3) is 0 Å². The van der Waals surface area contributed by atoms with E-state index in [0.717, 1.165) is 11.6 Å². The van der Waals surface area contributed by atoms with Gasteiger partial charge in [-0.1, -0.05) is 37.4 Å². The predicted octanol–water partition coefficient (Wildman–Crippen LogP) is 3.47. The van der Waals surface area contributed by atoms with Crippen LogP contribution in [-0.2, 0) is 0 Å². The molecule has 120 valence electrons. The third-order valence-electron chi connectivity index (χ3n) is 3.71. The summed E-state index contributed by atoms with van der Waals surface area (Å²) in [6, 6.07) is 4.17. The molecule has 0 saturated heterocycles. The Bertz CT molecular complexity index is 418. The molecule has 0 atom stereocenters. The molecule has 1 aliphatic rings. The average molecular weight is 333 g/mol. The third-order valence-corrected chi connectivity index (χ3v) is 4.33. The van der Waals surface area contributed by atoms with Gasteiger partial charge in [0.2, 0.25) is 0 Å². The molecule has 1 aromatic rings. The molecule has 1 saturated carbocycles. The molecule has 0 aromatic carbocycles. The first kappa shape index (κ1) is 18.4. The second kappa shape index (κ2) is 10.1. The molecule has 21 heavy (non-hydrogen) atoms. The summed E-state index contributed by atoms with van der Waals surface area (Å²) >= 11 is 1.50. The van der Waals surface area contributed by atoms with Gasteiger partial charge in [-0.25, -0.2) is 0 Å². The van der Waals surface area contributed by atoms with Gasteiger partial charge < -0.3 is 15.1 Å². The fourth-order valence-electron chi connectivity index (χ4n) is 2.57. The van der Waals surface area contributed by atoms with E-state index in [4.69, 9.17) is 4.42 Å². The molecule has 6 heteroatoms. The summed E-state index contributed by atoms with van der Waals surface area (Å²) in [5, 5.41) is 7.19. The molecule has 0 unspecified atom stereocenters. The Hall–Kier alpha value is -0.650. The highest BCUT2D eigenvalue weighted by molar-refractivity contribution is 7.98. The molecule has 2 rings (SSSR count). The Morgan fingerprint density at radius 1 is 1.24 bits per heavy atom. The van der Waals surface area contributed by atoms with Gasteiger partial charge in [-0.2, -0.15) is 0 Å². The van der Waals surface area contributed by atoms with Crippen molar-refractivity contribution in [1.82, 2.24) is 10.6 Å². The number of halogens is 1. The lowest BCUT2D eigenvalue weighted by Crippen LogP contribution is -2.36. The first-order valence-corrected chi connectivity index (χ1v) is 8.67. The Labute approximate surface area is 137 Å². The summed E-state index contributed by atoms with van der Waals surface area (Å²) in [6.07, 6.45) is 9.85. The van der Waals surface area contributed by atoms with Crippen molar-refractivity contribution in [2.45, 2.75) is 49.7 Å². The zero-order valence-electron chi connectivity index (χ0n) is 12.5. The lowest BCUT2D eigenvalue weighted by atomic mass is 10.1. The van der Waals surface area contributed by atoms with Crippen LogP contribution in [0, 0.1) is 0 Å². The fraction of sp³-hybridized carbons (Fsp3) is 0.667. The van der Waals surface area contributed by atoms with E-state index in [1.165, 1.54) is 50.3 Å². The van der Waals surface area contributed by atoms with Crippen molar-refractivity contribution in [1.29, 1.82) is 0 Å². The number of thioether (sulfide) groups is 1. The van der Waals surface area contributed by atoms with Crippen LogP contribution in [0.15, 0.2) is 21.6 Å². The Balaban J connectivity index is 0.00000220. The number of hydrogen-bond acceptors (Lipinski definition) is 4. The largest absolute Gasteiger partial charge is 0.445 e. The summed E-state index contributed by atoms with van der Waals surface area (Å²) in [5.41, 5.74) is 0. The number of hydrogen-bond donors (Lipinski definition) is 2. The molecule has 1 aromatic heterocycles.